The average molecular weight is 409 g/mol. The molecule has 0 unspecified atom stereocenters. The third-order valence-electron chi connectivity index (χ3n) is 3.88. The van der Waals surface area contributed by atoms with E-state index in [1.807, 2.05) is 19.1 Å². The van der Waals surface area contributed by atoms with Crippen LogP contribution in [0.4, 0.5) is 0 Å². The molecule has 0 amide bonds. The van der Waals surface area contributed by atoms with E-state index in [1.165, 1.54) is 29.0 Å². The Morgan fingerprint density at radius 1 is 1.19 bits per heavy atom. The van der Waals surface area contributed by atoms with Crippen LogP contribution in [0.3, 0.4) is 0 Å². The second kappa shape index (κ2) is 6.98. The van der Waals surface area contributed by atoms with Gasteiger partial charge in [0.05, 0.1) is 5.56 Å². The summed E-state index contributed by atoms with van der Waals surface area (Å²) in [6.07, 6.45) is 1.39. The summed E-state index contributed by atoms with van der Waals surface area (Å²) in [5.74, 6) is -0.660. The Labute approximate surface area is 157 Å². The Balaban J connectivity index is 2.22. The van der Waals surface area contributed by atoms with Crippen molar-refractivity contribution < 1.29 is 9.90 Å². The first-order valence-corrected chi connectivity index (χ1v) is 8.47. The number of phenolic OH excluding ortho intramolecular Hbond substituents is 1. The zero-order chi connectivity index (χ0) is 18.8. The Morgan fingerprint density at radius 3 is 2.65 bits per heavy atom. The molecule has 1 heterocycles. The maximum absolute atomic E-state index is 12.8. The molecule has 0 saturated carbocycles. The molecule has 0 bridgehead atoms. The van der Waals surface area contributed by atoms with Crippen LogP contribution in [-0.4, -0.2) is 15.5 Å². The second-order valence-corrected chi connectivity index (χ2v) is 6.67. The average Bonchev–Trinajstić information content (AvgIpc) is 2.63. The molecule has 26 heavy (non-hydrogen) atoms. The molecule has 0 saturated heterocycles. The summed E-state index contributed by atoms with van der Waals surface area (Å²) in [5, 5.41) is 19.3. The maximum atomic E-state index is 12.8. The van der Waals surface area contributed by atoms with Gasteiger partial charge in [0.1, 0.15) is 17.4 Å². The number of pyridine rings is 1. The normalized spacial score (nSPS) is 10.3. The van der Waals surface area contributed by atoms with Crippen LogP contribution in [0.2, 0.25) is 0 Å². The number of carbonyl (C=O) groups excluding carboxylic acids is 1. The lowest BCUT2D eigenvalue weighted by Crippen LogP contribution is -2.22. The Kier molecular flexibility index (Phi) is 4.74. The summed E-state index contributed by atoms with van der Waals surface area (Å²) in [4.78, 5) is 25.4. The first-order valence-electron chi connectivity index (χ1n) is 7.68. The molecule has 0 aliphatic rings. The van der Waals surface area contributed by atoms with Crippen molar-refractivity contribution in [3.63, 3.8) is 0 Å². The summed E-state index contributed by atoms with van der Waals surface area (Å²) in [6.45, 7) is 1.88. The van der Waals surface area contributed by atoms with E-state index in [9.17, 15) is 20.0 Å². The minimum atomic E-state index is -0.506. The molecule has 0 aliphatic heterocycles. The molecule has 0 aliphatic carbocycles. The van der Waals surface area contributed by atoms with Gasteiger partial charge in [-0.1, -0.05) is 28.1 Å². The van der Waals surface area contributed by atoms with Crippen molar-refractivity contribution in [3.05, 3.63) is 91.8 Å². The summed E-state index contributed by atoms with van der Waals surface area (Å²) in [5.41, 5.74) is 1.06. The van der Waals surface area contributed by atoms with Crippen molar-refractivity contribution in [2.24, 2.45) is 0 Å². The van der Waals surface area contributed by atoms with Crippen LogP contribution in [0, 0.1) is 18.3 Å². The molecule has 3 aromatic rings. The van der Waals surface area contributed by atoms with E-state index in [1.54, 1.807) is 24.3 Å². The number of ketones is 1. The van der Waals surface area contributed by atoms with Crippen molar-refractivity contribution in [2.75, 3.05) is 0 Å². The molecule has 3 rings (SSSR count). The maximum Gasteiger partial charge on any atom is 0.273 e. The molecule has 0 atom stereocenters. The number of aromatic nitrogens is 1. The minimum Gasteiger partial charge on any atom is -0.507 e. The SMILES string of the molecule is Cc1cccc(-n2cc(C(=O)c3cc(Br)ccc3O)cc(C#N)c2=O)c1. The van der Waals surface area contributed by atoms with Crippen molar-refractivity contribution in [3.8, 4) is 17.5 Å². The number of nitriles is 1. The van der Waals surface area contributed by atoms with Crippen LogP contribution in [-0.2, 0) is 0 Å². The third kappa shape index (κ3) is 3.30. The lowest BCUT2D eigenvalue weighted by atomic mass is 10.0. The van der Waals surface area contributed by atoms with Crippen molar-refractivity contribution in [1.29, 1.82) is 5.26 Å². The number of hydrogen-bond acceptors (Lipinski definition) is 4. The van der Waals surface area contributed by atoms with Gasteiger partial charge in [-0.2, -0.15) is 5.26 Å². The highest BCUT2D eigenvalue weighted by Crippen LogP contribution is 2.25. The van der Waals surface area contributed by atoms with E-state index in [4.69, 9.17) is 0 Å². The number of rotatable bonds is 3. The van der Waals surface area contributed by atoms with Gasteiger partial charge in [0.2, 0.25) is 0 Å². The Hall–Kier alpha value is -3.17. The van der Waals surface area contributed by atoms with Crippen molar-refractivity contribution in [1.82, 2.24) is 4.57 Å². The largest absolute Gasteiger partial charge is 0.507 e. The van der Waals surface area contributed by atoms with Crippen LogP contribution in [0.1, 0.15) is 27.0 Å². The van der Waals surface area contributed by atoms with E-state index in [2.05, 4.69) is 15.9 Å². The number of aryl methyl sites for hydroxylation is 1. The first-order chi connectivity index (χ1) is 12.4. The van der Waals surface area contributed by atoms with Crippen molar-refractivity contribution >= 4 is 21.7 Å². The summed E-state index contributed by atoms with van der Waals surface area (Å²) in [7, 11) is 0. The van der Waals surface area contributed by atoms with E-state index in [0.717, 1.165) is 5.56 Å². The molecule has 2 aromatic carbocycles. The van der Waals surface area contributed by atoms with Gasteiger partial charge in [-0.3, -0.25) is 14.2 Å². The van der Waals surface area contributed by atoms with E-state index < -0.39 is 11.3 Å². The zero-order valence-corrected chi connectivity index (χ0v) is 15.3. The molecule has 5 nitrogen and oxygen atoms in total. The Morgan fingerprint density at radius 2 is 1.96 bits per heavy atom. The van der Waals surface area contributed by atoms with Crippen LogP contribution >= 0.6 is 15.9 Å². The number of hydrogen-bond donors (Lipinski definition) is 1. The number of carbonyl (C=O) groups is 1. The molecule has 1 N–H and O–H groups in total. The van der Waals surface area contributed by atoms with Crippen LogP contribution in [0.25, 0.3) is 5.69 Å². The van der Waals surface area contributed by atoms with Gasteiger partial charge in [-0.25, -0.2) is 0 Å². The minimum absolute atomic E-state index is 0.0812. The number of halogens is 1. The summed E-state index contributed by atoms with van der Waals surface area (Å²) >= 11 is 3.27. The van der Waals surface area contributed by atoms with Gasteiger partial charge in [-0.15, -0.1) is 0 Å². The highest BCUT2D eigenvalue weighted by molar-refractivity contribution is 9.10. The lowest BCUT2D eigenvalue weighted by Gasteiger charge is -2.11. The number of benzene rings is 2. The first kappa shape index (κ1) is 17.6. The number of aromatic hydroxyl groups is 1. The molecule has 6 heteroatoms. The van der Waals surface area contributed by atoms with Crippen molar-refractivity contribution in [2.45, 2.75) is 6.92 Å². The zero-order valence-electron chi connectivity index (χ0n) is 13.7. The van der Waals surface area contributed by atoms with E-state index >= 15 is 0 Å². The summed E-state index contributed by atoms with van der Waals surface area (Å²) < 4.78 is 1.90. The van der Waals surface area contributed by atoms with Gasteiger partial charge in [-0.05, 0) is 48.9 Å². The molecular formula is C20H13BrN2O3. The quantitative estimate of drug-likeness (QED) is 0.669. The Bertz CT molecular complexity index is 1130. The van der Waals surface area contributed by atoms with Gasteiger partial charge < -0.3 is 5.11 Å². The highest BCUT2D eigenvalue weighted by atomic mass is 79.9. The standard InChI is InChI=1S/C20H13BrN2O3/c1-12-3-2-4-16(7-12)23-11-14(8-13(10-22)20(23)26)19(25)17-9-15(21)5-6-18(17)24/h2-9,11,24H,1H3. The predicted octanol–water partition coefficient (Wildman–Crippen LogP) is 3.72. The molecular weight excluding hydrogens is 396 g/mol. The molecule has 1 aromatic heterocycles. The molecule has 0 spiro atoms. The van der Waals surface area contributed by atoms with Gasteiger partial charge >= 0.3 is 0 Å². The predicted molar refractivity (Wildman–Crippen MR) is 101 cm³/mol. The van der Waals surface area contributed by atoms with Gasteiger partial charge in [0.15, 0.2) is 5.78 Å². The van der Waals surface area contributed by atoms with E-state index in [0.29, 0.717) is 10.2 Å². The van der Waals surface area contributed by atoms with E-state index in [-0.39, 0.29) is 22.4 Å². The monoisotopic (exact) mass is 408 g/mol. The topological polar surface area (TPSA) is 83.1 Å². The number of phenols is 1. The second-order valence-electron chi connectivity index (χ2n) is 5.76. The molecule has 0 radical (unpaired) electrons. The smallest absolute Gasteiger partial charge is 0.273 e. The van der Waals surface area contributed by atoms with Crippen LogP contribution in [0.15, 0.2) is 64.0 Å². The highest BCUT2D eigenvalue weighted by Gasteiger charge is 2.18. The lowest BCUT2D eigenvalue weighted by molar-refractivity contribution is 0.103. The molecule has 0 fully saturated rings. The summed E-state index contributed by atoms with van der Waals surface area (Å²) in [6, 6.07) is 14.8. The molecule has 128 valence electrons. The van der Waals surface area contributed by atoms with Crippen LogP contribution < -0.4 is 5.56 Å². The number of nitrogens with zero attached hydrogens (tertiary/aromatic N) is 2. The fourth-order valence-electron chi connectivity index (χ4n) is 2.60. The fourth-order valence-corrected chi connectivity index (χ4v) is 2.96. The van der Waals surface area contributed by atoms with Gasteiger partial charge in [0.25, 0.3) is 5.56 Å². The fraction of sp³-hybridized carbons (Fsp3) is 0.0500. The third-order valence-corrected chi connectivity index (χ3v) is 4.38. The van der Waals surface area contributed by atoms with Gasteiger partial charge in [0, 0.05) is 21.9 Å². The van der Waals surface area contributed by atoms with Crippen LogP contribution in [0.5, 0.6) is 5.75 Å².